The van der Waals surface area contributed by atoms with Gasteiger partial charge in [-0.2, -0.15) is 13.2 Å². The van der Waals surface area contributed by atoms with Crippen LogP contribution in [0.4, 0.5) is 13.2 Å². The third kappa shape index (κ3) is 2.12. The van der Waals surface area contributed by atoms with Gasteiger partial charge in [0, 0.05) is 12.2 Å². The van der Waals surface area contributed by atoms with Crippen LogP contribution in [0, 0.1) is 0 Å². The van der Waals surface area contributed by atoms with Crippen molar-refractivity contribution >= 4 is 0 Å². The van der Waals surface area contributed by atoms with Gasteiger partial charge in [-0.3, -0.25) is 4.98 Å². The molecule has 1 atom stereocenters. The van der Waals surface area contributed by atoms with E-state index < -0.39 is 11.9 Å². The summed E-state index contributed by atoms with van der Waals surface area (Å²) in [5.41, 5.74) is -0.494. The highest BCUT2D eigenvalue weighted by molar-refractivity contribution is 5.26. The minimum atomic E-state index is -4.36. The highest BCUT2D eigenvalue weighted by atomic mass is 19.4. The van der Waals surface area contributed by atoms with Crippen LogP contribution in [0.15, 0.2) is 18.3 Å². The molecule has 1 N–H and O–H groups in total. The molecule has 0 unspecified atom stereocenters. The van der Waals surface area contributed by atoms with Crippen LogP contribution in [-0.2, 0) is 6.18 Å². The molecule has 0 aliphatic carbocycles. The van der Waals surface area contributed by atoms with E-state index in [1.54, 1.807) is 6.07 Å². The van der Waals surface area contributed by atoms with Crippen LogP contribution in [-0.4, -0.2) is 11.5 Å². The molecule has 5 heteroatoms. The van der Waals surface area contributed by atoms with Crippen LogP contribution >= 0.6 is 0 Å². The Labute approximate surface area is 85.5 Å². The fourth-order valence-electron chi connectivity index (χ4n) is 1.89. The standard InChI is InChI=1S/C10H11F3N2/c11-10(12,13)9-7(3-1-6-15-9)8-4-2-5-14-8/h1,3,6,8,14H,2,4-5H2/t8-/m0/s1. The summed E-state index contributed by atoms with van der Waals surface area (Å²) in [5.74, 6) is 0. The van der Waals surface area contributed by atoms with Crippen LogP contribution in [0.3, 0.4) is 0 Å². The second-order valence-corrected chi connectivity index (χ2v) is 3.59. The maximum absolute atomic E-state index is 12.6. The van der Waals surface area contributed by atoms with Gasteiger partial charge in [0.05, 0.1) is 0 Å². The Kier molecular flexibility index (Phi) is 2.65. The Hall–Kier alpha value is -1.10. The molecule has 2 nitrogen and oxygen atoms in total. The summed E-state index contributed by atoms with van der Waals surface area (Å²) in [4.78, 5) is 3.43. The molecular formula is C10H11F3N2. The molecule has 15 heavy (non-hydrogen) atoms. The largest absolute Gasteiger partial charge is 0.433 e. The van der Waals surface area contributed by atoms with Crippen molar-refractivity contribution < 1.29 is 13.2 Å². The van der Waals surface area contributed by atoms with Crippen LogP contribution < -0.4 is 5.32 Å². The number of nitrogens with one attached hydrogen (secondary N) is 1. The molecule has 0 radical (unpaired) electrons. The zero-order valence-electron chi connectivity index (χ0n) is 8.01. The number of hydrogen-bond donors (Lipinski definition) is 1. The van der Waals surface area contributed by atoms with Crippen molar-refractivity contribution in [3.8, 4) is 0 Å². The summed E-state index contributed by atoms with van der Waals surface area (Å²) in [7, 11) is 0. The monoisotopic (exact) mass is 216 g/mol. The van der Waals surface area contributed by atoms with Crippen molar-refractivity contribution in [1.29, 1.82) is 0 Å². The predicted molar refractivity (Wildman–Crippen MR) is 49.2 cm³/mol. The molecule has 1 aromatic heterocycles. The lowest BCUT2D eigenvalue weighted by Crippen LogP contribution is -2.19. The Morgan fingerprint density at radius 2 is 2.20 bits per heavy atom. The van der Waals surface area contributed by atoms with Gasteiger partial charge >= 0.3 is 6.18 Å². The van der Waals surface area contributed by atoms with E-state index >= 15 is 0 Å². The fourth-order valence-corrected chi connectivity index (χ4v) is 1.89. The molecule has 0 aromatic carbocycles. The first kappa shape index (κ1) is 10.4. The molecule has 2 heterocycles. The summed E-state index contributed by atoms with van der Waals surface area (Å²) >= 11 is 0. The van der Waals surface area contributed by atoms with Crippen molar-refractivity contribution in [3.05, 3.63) is 29.6 Å². The topological polar surface area (TPSA) is 24.9 Å². The number of rotatable bonds is 1. The second kappa shape index (κ2) is 3.81. The molecule has 1 aliphatic heterocycles. The third-order valence-corrected chi connectivity index (χ3v) is 2.54. The highest BCUT2D eigenvalue weighted by Gasteiger charge is 2.37. The minimum Gasteiger partial charge on any atom is -0.310 e. The zero-order chi connectivity index (χ0) is 10.9. The van der Waals surface area contributed by atoms with Gasteiger partial charge in [-0.25, -0.2) is 0 Å². The Morgan fingerprint density at radius 3 is 2.80 bits per heavy atom. The van der Waals surface area contributed by atoms with E-state index in [0.717, 1.165) is 19.4 Å². The number of halogens is 3. The van der Waals surface area contributed by atoms with Gasteiger partial charge in [0.2, 0.25) is 0 Å². The summed E-state index contributed by atoms with van der Waals surface area (Å²) < 4.78 is 37.8. The maximum Gasteiger partial charge on any atom is 0.433 e. The summed E-state index contributed by atoms with van der Waals surface area (Å²) in [6.45, 7) is 0.775. The number of alkyl halides is 3. The Balaban J connectivity index is 2.37. The smallest absolute Gasteiger partial charge is 0.310 e. The van der Waals surface area contributed by atoms with Crippen molar-refractivity contribution in [2.24, 2.45) is 0 Å². The van der Waals surface area contributed by atoms with Crippen LogP contribution in [0.2, 0.25) is 0 Å². The molecule has 2 rings (SSSR count). The van der Waals surface area contributed by atoms with Crippen LogP contribution in [0.1, 0.15) is 30.1 Å². The zero-order valence-corrected chi connectivity index (χ0v) is 8.01. The molecule has 0 spiro atoms. The lowest BCUT2D eigenvalue weighted by atomic mass is 10.0. The highest BCUT2D eigenvalue weighted by Crippen LogP contribution is 2.35. The first-order valence-corrected chi connectivity index (χ1v) is 4.84. The van der Waals surface area contributed by atoms with E-state index in [4.69, 9.17) is 0 Å². The Morgan fingerprint density at radius 1 is 1.40 bits per heavy atom. The minimum absolute atomic E-state index is 0.199. The molecule has 1 aliphatic rings. The van der Waals surface area contributed by atoms with E-state index in [2.05, 4.69) is 10.3 Å². The third-order valence-electron chi connectivity index (χ3n) is 2.54. The van der Waals surface area contributed by atoms with Gasteiger partial charge in [-0.1, -0.05) is 6.07 Å². The molecule has 1 aromatic rings. The van der Waals surface area contributed by atoms with E-state index in [1.807, 2.05) is 0 Å². The molecule has 1 fully saturated rings. The van der Waals surface area contributed by atoms with Crippen LogP contribution in [0.25, 0.3) is 0 Å². The molecule has 0 saturated carbocycles. The van der Waals surface area contributed by atoms with Crippen molar-refractivity contribution in [2.45, 2.75) is 25.1 Å². The van der Waals surface area contributed by atoms with Gasteiger partial charge in [0.25, 0.3) is 0 Å². The van der Waals surface area contributed by atoms with Gasteiger partial charge in [-0.15, -0.1) is 0 Å². The SMILES string of the molecule is FC(F)(F)c1ncccc1[C@@H]1CCCN1. The van der Waals surface area contributed by atoms with Crippen molar-refractivity contribution in [1.82, 2.24) is 10.3 Å². The van der Waals surface area contributed by atoms with Gasteiger partial charge < -0.3 is 5.32 Å². The number of hydrogen-bond acceptors (Lipinski definition) is 2. The van der Waals surface area contributed by atoms with Crippen molar-refractivity contribution in [3.63, 3.8) is 0 Å². The molecule has 0 bridgehead atoms. The Bertz CT molecular complexity index is 343. The first-order chi connectivity index (χ1) is 7.09. The quantitative estimate of drug-likeness (QED) is 0.780. The lowest BCUT2D eigenvalue weighted by Gasteiger charge is -2.16. The second-order valence-electron chi connectivity index (χ2n) is 3.59. The van der Waals surface area contributed by atoms with E-state index in [-0.39, 0.29) is 11.6 Å². The van der Waals surface area contributed by atoms with Gasteiger partial charge in [-0.05, 0) is 31.0 Å². The normalized spacial score (nSPS) is 21.9. The fraction of sp³-hybridized carbons (Fsp3) is 0.500. The van der Waals surface area contributed by atoms with E-state index in [1.165, 1.54) is 12.3 Å². The van der Waals surface area contributed by atoms with Gasteiger partial charge in [0.15, 0.2) is 0 Å². The van der Waals surface area contributed by atoms with E-state index in [9.17, 15) is 13.2 Å². The summed E-state index contributed by atoms with van der Waals surface area (Å²) in [5, 5.41) is 3.05. The van der Waals surface area contributed by atoms with E-state index in [0.29, 0.717) is 0 Å². The average molecular weight is 216 g/mol. The molecular weight excluding hydrogens is 205 g/mol. The summed E-state index contributed by atoms with van der Waals surface area (Å²) in [6.07, 6.45) is -1.52. The first-order valence-electron chi connectivity index (χ1n) is 4.84. The number of nitrogens with zero attached hydrogens (tertiary/aromatic N) is 1. The summed E-state index contributed by atoms with van der Waals surface area (Å²) in [6, 6.07) is 2.85. The molecule has 1 saturated heterocycles. The number of pyridine rings is 1. The van der Waals surface area contributed by atoms with Gasteiger partial charge in [0.1, 0.15) is 5.69 Å². The maximum atomic E-state index is 12.6. The predicted octanol–water partition coefficient (Wildman–Crippen LogP) is 2.52. The average Bonchev–Trinajstić information content (AvgIpc) is 2.69. The van der Waals surface area contributed by atoms with Crippen molar-refractivity contribution in [2.75, 3.05) is 6.54 Å². The molecule has 0 amide bonds. The van der Waals surface area contributed by atoms with Crippen LogP contribution in [0.5, 0.6) is 0 Å². The number of aromatic nitrogens is 1. The lowest BCUT2D eigenvalue weighted by molar-refractivity contribution is -0.142. The molecule has 82 valence electrons.